The minimum absolute atomic E-state index is 0.0343. The van der Waals surface area contributed by atoms with Gasteiger partial charge in [0.2, 0.25) is 0 Å². The van der Waals surface area contributed by atoms with E-state index in [0.29, 0.717) is 0 Å². The number of pyridine rings is 1. The summed E-state index contributed by atoms with van der Waals surface area (Å²) in [5.41, 5.74) is 1.82. The summed E-state index contributed by atoms with van der Waals surface area (Å²) in [6.45, 7) is 4.41. The molecule has 2 aromatic heterocycles. The highest BCUT2D eigenvalue weighted by atomic mass is 16.3. The monoisotopic (exact) mass is 245 g/mol. The summed E-state index contributed by atoms with van der Waals surface area (Å²) in [6, 6.07) is 5.93. The van der Waals surface area contributed by atoms with Gasteiger partial charge < -0.3 is 10.0 Å². The van der Waals surface area contributed by atoms with E-state index in [4.69, 9.17) is 0 Å². The third kappa shape index (κ3) is 1.86. The molecule has 0 spiro atoms. The molecule has 0 unspecified atom stereocenters. The zero-order chi connectivity index (χ0) is 12.5. The second-order valence-electron chi connectivity index (χ2n) is 5.14. The van der Waals surface area contributed by atoms with Crippen molar-refractivity contribution < 1.29 is 5.11 Å². The average molecular weight is 245 g/mol. The standard InChI is InChI=1S/C14H19N3O/c1-11-5-8-16(9-6-11)14-12(10-18)17-7-3-2-4-13(17)15-14/h2-4,7,11,18H,5-6,8-10H2,1H3. The van der Waals surface area contributed by atoms with E-state index in [0.717, 1.165) is 36.2 Å². The molecule has 0 aliphatic carbocycles. The van der Waals surface area contributed by atoms with Gasteiger partial charge in [0, 0.05) is 19.3 Å². The van der Waals surface area contributed by atoms with Crippen LogP contribution < -0.4 is 4.90 Å². The fourth-order valence-corrected chi connectivity index (χ4v) is 2.65. The van der Waals surface area contributed by atoms with Gasteiger partial charge in [-0.05, 0) is 30.9 Å². The minimum Gasteiger partial charge on any atom is -0.390 e. The lowest BCUT2D eigenvalue weighted by Crippen LogP contribution is -2.33. The molecule has 2 aromatic rings. The van der Waals surface area contributed by atoms with E-state index in [2.05, 4.69) is 16.8 Å². The second-order valence-corrected chi connectivity index (χ2v) is 5.14. The van der Waals surface area contributed by atoms with Gasteiger partial charge in [0.1, 0.15) is 5.65 Å². The number of aliphatic hydroxyl groups excluding tert-OH is 1. The molecule has 96 valence electrons. The molecule has 1 fully saturated rings. The Morgan fingerprint density at radius 3 is 2.83 bits per heavy atom. The van der Waals surface area contributed by atoms with E-state index in [1.165, 1.54) is 12.8 Å². The smallest absolute Gasteiger partial charge is 0.153 e. The Morgan fingerprint density at radius 2 is 2.11 bits per heavy atom. The Kier molecular flexibility index (Phi) is 2.96. The van der Waals surface area contributed by atoms with E-state index < -0.39 is 0 Å². The number of piperidine rings is 1. The van der Waals surface area contributed by atoms with E-state index in [1.807, 2.05) is 28.8 Å². The van der Waals surface area contributed by atoms with Gasteiger partial charge in [-0.25, -0.2) is 4.98 Å². The summed E-state index contributed by atoms with van der Waals surface area (Å²) in [6.07, 6.45) is 4.38. The number of nitrogens with zero attached hydrogens (tertiary/aromatic N) is 3. The number of fused-ring (bicyclic) bond motifs is 1. The lowest BCUT2D eigenvalue weighted by molar-refractivity contribution is 0.275. The molecular formula is C14H19N3O. The Labute approximate surface area is 107 Å². The van der Waals surface area contributed by atoms with Gasteiger partial charge >= 0.3 is 0 Å². The molecule has 4 heteroatoms. The quantitative estimate of drug-likeness (QED) is 0.880. The lowest BCUT2D eigenvalue weighted by Gasteiger charge is -2.31. The van der Waals surface area contributed by atoms with Gasteiger partial charge in [-0.3, -0.25) is 4.40 Å². The zero-order valence-corrected chi connectivity index (χ0v) is 10.7. The molecule has 1 aliphatic heterocycles. The van der Waals surface area contributed by atoms with Gasteiger partial charge in [-0.1, -0.05) is 13.0 Å². The molecule has 0 aromatic carbocycles. The number of aromatic nitrogens is 2. The van der Waals surface area contributed by atoms with Gasteiger partial charge in [0.15, 0.2) is 5.82 Å². The third-order valence-electron chi connectivity index (χ3n) is 3.84. The van der Waals surface area contributed by atoms with Gasteiger partial charge in [0.25, 0.3) is 0 Å². The van der Waals surface area contributed by atoms with Crippen molar-refractivity contribution >= 4 is 11.5 Å². The van der Waals surface area contributed by atoms with Crippen LogP contribution in [0.2, 0.25) is 0 Å². The predicted molar refractivity (Wildman–Crippen MR) is 71.7 cm³/mol. The Balaban J connectivity index is 2.00. The summed E-state index contributed by atoms with van der Waals surface area (Å²) in [5.74, 6) is 1.76. The van der Waals surface area contributed by atoms with Crippen molar-refractivity contribution in [1.82, 2.24) is 9.38 Å². The summed E-state index contributed by atoms with van der Waals surface area (Å²) in [5, 5.41) is 9.60. The van der Waals surface area contributed by atoms with Crippen molar-refractivity contribution in [3.63, 3.8) is 0 Å². The fraction of sp³-hybridized carbons (Fsp3) is 0.500. The van der Waals surface area contributed by atoms with E-state index >= 15 is 0 Å². The summed E-state index contributed by atoms with van der Waals surface area (Å²) in [7, 11) is 0. The van der Waals surface area contributed by atoms with Crippen LogP contribution in [0.4, 0.5) is 5.82 Å². The van der Waals surface area contributed by atoms with Crippen molar-refractivity contribution in [2.45, 2.75) is 26.4 Å². The minimum atomic E-state index is 0.0343. The van der Waals surface area contributed by atoms with Crippen LogP contribution in [0.3, 0.4) is 0 Å². The first-order chi connectivity index (χ1) is 8.79. The molecule has 4 nitrogen and oxygen atoms in total. The second kappa shape index (κ2) is 4.61. The van der Waals surface area contributed by atoms with Crippen molar-refractivity contribution in [2.75, 3.05) is 18.0 Å². The van der Waals surface area contributed by atoms with E-state index in [-0.39, 0.29) is 6.61 Å². The topological polar surface area (TPSA) is 40.8 Å². The third-order valence-corrected chi connectivity index (χ3v) is 3.84. The van der Waals surface area contributed by atoms with Crippen LogP contribution in [0.15, 0.2) is 24.4 Å². The van der Waals surface area contributed by atoms with Crippen LogP contribution in [0.5, 0.6) is 0 Å². The summed E-state index contributed by atoms with van der Waals surface area (Å²) in [4.78, 5) is 6.97. The molecule has 0 amide bonds. The number of hydrogen-bond donors (Lipinski definition) is 1. The maximum atomic E-state index is 9.60. The highest BCUT2D eigenvalue weighted by Crippen LogP contribution is 2.26. The normalized spacial score (nSPS) is 17.6. The maximum absolute atomic E-state index is 9.60. The van der Waals surface area contributed by atoms with Gasteiger partial charge in [-0.15, -0.1) is 0 Å². The first kappa shape index (κ1) is 11.5. The van der Waals surface area contributed by atoms with Crippen LogP contribution >= 0.6 is 0 Å². The molecule has 0 radical (unpaired) electrons. The molecule has 1 N–H and O–H groups in total. The number of anilines is 1. The molecule has 0 saturated carbocycles. The number of rotatable bonds is 2. The molecule has 1 aliphatic rings. The van der Waals surface area contributed by atoms with Crippen molar-refractivity contribution in [3.8, 4) is 0 Å². The molecule has 3 heterocycles. The first-order valence-electron chi connectivity index (χ1n) is 6.61. The fourth-order valence-electron chi connectivity index (χ4n) is 2.65. The first-order valence-corrected chi connectivity index (χ1v) is 6.61. The average Bonchev–Trinajstić information content (AvgIpc) is 2.78. The number of hydrogen-bond acceptors (Lipinski definition) is 3. The van der Waals surface area contributed by atoms with Crippen molar-refractivity contribution in [1.29, 1.82) is 0 Å². The Hall–Kier alpha value is -1.55. The SMILES string of the molecule is CC1CCN(c2nc3ccccn3c2CO)CC1. The molecular weight excluding hydrogens is 226 g/mol. The largest absolute Gasteiger partial charge is 0.390 e. The van der Waals surface area contributed by atoms with Crippen LogP contribution in [0.25, 0.3) is 5.65 Å². The molecule has 0 atom stereocenters. The van der Waals surface area contributed by atoms with Gasteiger partial charge in [-0.2, -0.15) is 0 Å². The Morgan fingerprint density at radius 1 is 1.33 bits per heavy atom. The highest BCUT2D eigenvalue weighted by Gasteiger charge is 2.21. The maximum Gasteiger partial charge on any atom is 0.153 e. The molecule has 1 saturated heterocycles. The zero-order valence-electron chi connectivity index (χ0n) is 10.7. The lowest BCUT2D eigenvalue weighted by atomic mass is 9.99. The molecule has 18 heavy (non-hydrogen) atoms. The summed E-state index contributed by atoms with van der Waals surface area (Å²) < 4.78 is 1.98. The van der Waals surface area contributed by atoms with E-state index in [9.17, 15) is 5.11 Å². The van der Waals surface area contributed by atoms with Crippen LogP contribution in [0, 0.1) is 5.92 Å². The summed E-state index contributed by atoms with van der Waals surface area (Å²) >= 11 is 0. The predicted octanol–water partition coefficient (Wildman–Crippen LogP) is 2.06. The van der Waals surface area contributed by atoms with Crippen molar-refractivity contribution in [3.05, 3.63) is 30.1 Å². The van der Waals surface area contributed by atoms with Crippen LogP contribution in [-0.4, -0.2) is 27.6 Å². The highest BCUT2D eigenvalue weighted by molar-refractivity contribution is 5.55. The number of imidazole rings is 1. The van der Waals surface area contributed by atoms with E-state index in [1.54, 1.807) is 0 Å². The Bertz CT molecular complexity index is 541. The van der Waals surface area contributed by atoms with Crippen LogP contribution in [-0.2, 0) is 6.61 Å². The number of aliphatic hydroxyl groups is 1. The van der Waals surface area contributed by atoms with Crippen LogP contribution in [0.1, 0.15) is 25.5 Å². The molecule has 0 bridgehead atoms. The van der Waals surface area contributed by atoms with Crippen molar-refractivity contribution in [2.24, 2.45) is 5.92 Å². The molecule has 3 rings (SSSR count). The van der Waals surface area contributed by atoms with Gasteiger partial charge in [0.05, 0.1) is 12.3 Å².